The van der Waals surface area contributed by atoms with Crippen LogP contribution in [0.3, 0.4) is 0 Å². The van der Waals surface area contributed by atoms with Gasteiger partial charge >= 0.3 is 0 Å². The zero-order chi connectivity index (χ0) is 25.8. The van der Waals surface area contributed by atoms with Crippen molar-refractivity contribution in [2.75, 3.05) is 16.8 Å². The first kappa shape index (κ1) is 25.6. The van der Waals surface area contributed by atoms with E-state index in [-0.39, 0.29) is 23.2 Å². The van der Waals surface area contributed by atoms with E-state index in [4.69, 9.17) is 39.5 Å². The SMILES string of the molecule is CCOc1ccc(N2C(=O)C(Cl)=C(Nc3ccc(C(=O)NCc4ccc(Cl)cc4Cl)cc3)C2=O)cc1. The molecule has 4 rings (SSSR count). The highest BCUT2D eigenvalue weighted by Crippen LogP contribution is 2.31. The number of carbonyl (C=O) groups is 3. The largest absolute Gasteiger partial charge is 0.494 e. The minimum atomic E-state index is -0.634. The number of halogens is 3. The van der Waals surface area contributed by atoms with Crippen molar-refractivity contribution in [3.05, 3.63) is 98.6 Å². The molecule has 1 aliphatic heterocycles. The molecule has 0 aliphatic carbocycles. The van der Waals surface area contributed by atoms with E-state index in [0.29, 0.717) is 39.3 Å². The van der Waals surface area contributed by atoms with Crippen LogP contribution in [0.4, 0.5) is 11.4 Å². The fraction of sp³-hybridized carbons (Fsp3) is 0.115. The van der Waals surface area contributed by atoms with Gasteiger partial charge in [-0.3, -0.25) is 14.4 Å². The molecule has 3 amide bonds. The Bertz CT molecular complexity index is 1360. The highest BCUT2D eigenvalue weighted by Gasteiger charge is 2.39. The Morgan fingerprint density at radius 2 is 1.61 bits per heavy atom. The van der Waals surface area contributed by atoms with Crippen molar-refractivity contribution in [1.82, 2.24) is 5.32 Å². The van der Waals surface area contributed by atoms with Crippen LogP contribution in [0.2, 0.25) is 10.0 Å². The summed E-state index contributed by atoms with van der Waals surface area (Å²) in [5.41, 5.74) is 1.93. The molecule has 0 bridgehead atoms. The van der Waals surface area contributed by atoms with E-state index >= 15 is 0 Å². The maximum absolute atomic E-state index is 13.0. The van der Waals surface area contributed by atoms with E-state index < -0.39 is 11.8 Å². The van der Waals surface area contributed by atoms with E-state index in [0.717, 1.165) is 10.5 Å². The van der Waals surface area contributed by atoms with Crippen LogP contribution in [0.25, 0.3) is 0 Å². The molecule has 10 heteroatoms. The number of benzene rings is 3. The zero-order valence-corrected chi connectivity index (χ0v) is 21.2. The summed E-state index contributed by atoms with van der Waals surface area (Å²) in [6, 6.07) is 18.0. The molecule has 3 aromatic rings. The predicted molar refractivity (Wildman–Crippen MR) is 141 cm³/mol. The molecule has 1 heterocycles. The molecular formula is C26H20Cl3N3O4. The summed E-state index contributed by atoms with van der Waals surface area (Å²) < 4.78 is 5.40. The molecule has 3 aromatic carbocycles. The molecule has 36 heavy (non-hydrogen) atoms. The van der Waals surface area contributed by atoms with Gasteiger partial charge < -0.3 is 15.4 Å². The van der Waals surface area contributed by atoms with Crippen LogP contribution in [-0.4, -0.2) is 24.3 Å². The number of anilines is 2. The summed E-state index contributed by atoms with van der Waals surface area (Å²) >= 11 is 18.2. The Balaban J connectivity index is 1.41. The summed E-state index contributed by atoms with van der Waals surface area (Å²) in [6.45, 7) is 2.59. The Kier molecular flexibility index (Phi) is 7.84. The number of imide groups is 1. The molecule has 0 saturated carbocycles. The summed E-state index contributed by atoms with van der Waals surface area (Å²) in [6.07, 6.45) is 0. The molecule has 184 valence electrons. The lowest BCUT2D eigenvalue weighted by Crippen LogP contribution is -2.32. The molecule has 0 radical (unpaired) electrons. The first-order valence-corrected chi connectivity index (χ1v) is 12.0. The van der Waals surface area contributed by atoms with Crippen molar-refractivity contribution in [3.8, 4) is 5.75 Å². The van der Waals surface area contributed by atoms with E-state index in [2.05, 4.69) is 10.6 Å². The van der Waals surface area contributed by atoms with Gasteiger partial charge in [-0.2, -0.15) is 0 Å². The van der Waals surface area contributed by atoms with Gasteiger partial charge in [-0.1, -0.05) is 40.9 Å². The molecular weight excluding hydrogens is 525 g/mol. The Hall–Kier alpha value is -3.52. The highest BCUT2D eigenvalue weighted by molar-refractivity contribution is 6.53. The van der Waals surface area contributed by atoms with Gasteiger partial charge in [-0.05, 0) is 73.2 Å². The number of carbonyl (C=O) groups excluding carboxylic acids is 3. The van der Waals surface area contributed by atoms with Crippen molar-refractivity contribution >= 4 is 63.9 Å². The Morgan fingerprint density at radius 1 is 0.917 bits per heavy atom. The normalized spacial score (nSPS) is 13.3. The van der Waals surface area contributed by atoms with Crippen LogP contribution in [0, 0.1) is 0 Å². The Labute approximate surface area is 222 Å². The van der Waals surface area contributed by atoms with E-state index in [1.165, 1.54) is 0 Å². The van der Waals surface area contributed by atoms with Gasteiger partial charge in [0, 0.05) is 27.8 Å². The number of hydrogen-bond acceptors (Lipinski definition) is 5. The van der Waals surface area contributed by atoms with Crippen molar-refractivity contribution in [2.24, 2.45) is 0 Å². The van der Waals surface area contributed by atoms with Gasteiger partial charge in [0.25, 0.3) is 17.7 Å². The minimum absolute atomic E-state index is 0.0508. The number of rotatable bonds is 8. The first-order chi connectivity index (χ1) is 17.3. The second-order valence-electron chi connectivity index (χ2n) is 7.68. The van der Waals surface area contributed by atoms with Gasteiger partial charge in [0.15, 0.2) is 0 Å². The summed E-state index contributed by atoms with van der Waals surface area (Å²) in [5.74, 6) is -0.905. The van der Waals surface area contributed by atoms with Crippen molar-refractivity contribution in [3.63, 3.8) is 0 Å². The smallest absolute Gasteiger partial charge is 0.283 e. The number of ether oxygens (including phenoxy) is 1. The highest BCUT2D eigenvalue weighted by atomic mass is 35.5. The van der Waals surface area contributed by atoms with Crippen LogP contribution in [0.5, 0.6) is 5.75 Å². The second-order valence-corrected chi connectivity index (χ2v) is 8.90. The van der Waals surface area contributed by atoms with Gasteiger partial charge in [-0.25, -0.2) is 4.90 Å². The van der Waals surface area contributed by atoms with Gasteiger partial charge in [0.2, 0.25) is 0 Å². The average Bonchev–Trinajstić information content (AvgIpc) is 3.07. The third-order valence-corrected chi connectivity index (χ3v) is 6.24. The summed E-state index contributed by atoms with van der Waals surface area (Å²) in [4.78, 5) is 39.2. The predicted octanol–water partition coefficient (Wildman–Crippen LogP) is 5.76. The van der Waals surface area contributed by atoms with Gasteiger partial charge in [-0.15, -0.1) is 0 Å². The maximum Gasteiger partial charge on any atom is 0.283 e. The van der Waals surface area contributed by atoms with Crippen LogP contribution in [-0.2, 0) is 16.1 Å². The van der Waals surface area contributed by atoms with E-state index in [1.807, 2.05) is 6.92 Å². The van der Waals surface area contributed by atoms with Crippen molar-refractivity contribution in [2.45, 2.75) is 13.5 Å². The second kappa shape index (κ2) is 11.0. The maximum atomic E-state index is 13.0. The van der Waals surface area contributed by atoms with Crippen LogP contribution >= 0.6 is 34.8 Å². The molecule has 0 spiro atoms. The fourth-order valence-electron chi connectivity index (χ4n) is 3.50. The first-order valence-electron chi connectivity index (χ1n) is 10.9. The molecule has 0 atom stereocenters. The molecule has 0 fully saturated rings. The topological polar surface area (TPSA) is 87.7 Å². The summed E-state index contributed by atoms with van der Waals surface area (Å²) in [7, 11) is 0. The number of nitrogens with zero attached hydrogens (tertiary/aromatic N) is 1. The lowest BCUT2D eigenvalue weighted by atomic mass is 10.1. The number of amides is 3. The van der Waals surface area contributed by atoms with Crippen molar-refractivity contribution in [1.29, 1.82) is 0 Å². The Morgan fingerprint density at radius 3 is 2.25 bits per heavy atom. The molecule has 7 nitrogen and oxygen atoms in total. The standard InChI is InChI=1S/C26H20Cl3N3O4/c1-2-36-20-11-9-19(10-12-20)32-25(34)22(29)23(26(32)35)31-18-7-4-15(5-8-18)24(33)30-14-16-3-6-17(27)13-21(16)28/h3-13,31H,2,14H2,1H3,(H,30,33). The van der Waals surface area contributed by atoms with Crippen LogP contribution in [0.15, 0.2) is 77.5 Å². The third kappa shape index (κ3) is 5.49. The lowest BCUT2D eigenvalue weighted by Gasteiger charge is -2.15. The fourth-order valence-corrected chi connectivity index (χ4v) is 4.18. The third-order valence-electron chi connectivity index (χ3n) is 5.30. The van der Waals surface area contributed by atoms with Gasteiger partial charge in [0.1, 0.15) is 16.5 Å². The molecule has 2 N–H and O–H groups in total. The molecule has 0 saturated heterocycles. The van der Waals surface area contributed by atoms with Crippen molar-refractivity contribution < 1.29 is 19.1 Å². The molecule has 1 aliphatic rings. The van der Waals surface area contributed by atoms with Crippen LogP contribution in [0.1, 0.15) is 22.8 Å². The number of hydrogen-bond donors (Lipinski definition) is 2. The minimum Gasteiger partial charge on any atom is -0.494 e. The van der Waals surface area contributed by atoms with E-state index in [9.17, 15) is 14.4 Å². The molecule has 0 unspecified atom stereocenters. The van der Waals surface area contributed by atoms with Crippen LogP contribution < -0.4 is 20.3 Å². The van der Waals surface area contributed by atoms with E-state index in [1.54, 1.807) is 66.7 Å². The number of nitrogens with one attached hydrogen (secondary N) is 2. The molecule has 0 aromatic heterocycles. The summed E-state index contributed by atoms with van der Waals surface area (Å²) in [5, 5.41) is 6.43. The zero-order valence-electron chi connectivity index (χ0n) is 19.0. The van der Waals surface area contributed by atoms with Gasteiger partial charge in [0.05, 0.1) is 12.3 Å². The monoisotopic (exact) mass is 543 g/mol. The lowest BCUT2D eigenvalue weighted by molar-refractivity contribution is -0.120. The average molecular weight is 545 g/mol. The quantitative estimate of drug-likeness (QED) is 0.352.